The first kappa shape index (κ1) is 17.7. The number of aryl methyl sites for hydroxylation is 1. The van der Waals surface area contributed by atoms with Crippen molar-refractivity contribution in [3.05, 3.63) is 18.5 Å². The molecule has 1 aliphatic heterocycles. The van der Waals surface area contributed by atoms with E-state index in [-0.39, 0.29) is 0 Å². The SMILES string of the molecule is CCNC(=NCCCn1cccn1)NCCCOC1CCOC1. The first-order valence-electron chi connectivity index (χ1n) is 8.57. The van der Waals surface area contributed by atoms with Crippen molar-refractivity contribution in [1.29, 1.82) is 0 Å². The van der Waals surface area contributed by atoms with E-state index in [0.717, 1.165) is 71.2 Å². The third kappa shape index (κ3) is 7.47. The maximum Gasteiger partial charge on any atom is 0.191 e. The lowest BCUT2D eigenvalue weighted by Gasteiger charge is -2.13. The van der Waals surface area contributed by atoms with Crippen LogP contribution in [0.2, 0.25) is 0 Å². The Kier molecular flexibility index (Phi) is 8.50. The Morgan fingerprint density at radius 3 is 3.13 bits per heavy atom. The molecule has 7 heteroatoms. The molecule has 7 nitrogen and oxygen atoms in total. The largest absolute Gasteiger partial charge is 0.379 e. The topological polar surface area (TPSA) is 72.7 Å². The predicted octanol–water partition coefficient (Wildman–Crippen LogP) is 1.02. The summed E-state index contributed by atoms with van der Waals surface area (Å²) in [4.78, 5) is 4.58. The molecule has 1 atom stereocenters. The average Bonchev–Trinajstić information content (AvgIpc) is 3.24. The second-order valence-electron chi connectivity index (χ2n) is 5.52. The van der Waals surface area contributed by atoms with Crippen molar-refractivity contribution in [3.63, 3.8) is 0 Å². The summed E-state index contributed by atoms with van der Waals surface area (Å²) in [5, 5.41) is 10.8. The van der Waals surface area contributed by atoms with Gasteiger partial charge >= 0.3 is 0 Å². The van der Waals surface area contributed by atoms with Crippen molar-refractivity contribution in [2.45, 2.75) is 38.8 Å². The summed E-state index contributed by atoms with van der Waals surface area (Å²) in [5.41, 5.74) is 0. The number of hydrogen-bond acceptors (Lipinski definition) is 4. The van der Waals surface area contributed by atoms with Crippen molar-refractivity contribution < 1.29 is 9.47 Å². The van der Waals surface area contributed by atoms with Crippen LogP contribution in [0.3, 0.4) is 0 Å². The molecule has 2 rings (SSSR count). The van der Waals surface area contributed by atoms with Crippen LogP contribution in [-0.4, -0.2) is 61.3 Å². The molecule has 0 aliphatic carbocycles. The summed E-state index contributed by atoms with van der Waals surface area (Å²) in [6.07, 6.45) is 7.03. The molecule has 0 bridgehead atoms. The summed E-state index contributed by atoms with van der Waals surface area (Å²) in [6.45, 7) is 7.81. The minimum absolute atomic E-state index is 0.291. The van der Waals surface area contributed by atoms with Crippen LogP contribution in [0, 0.1) is 0 Å². The van der Waals surface area contributed by atoms with Gasteiger partial charge in [0.2, 0.25) is 0 Å². The number of nitrogens with zero attached hydrogens (tertiary/aromatic N) is 3. The summed E-state index contributed by atoms with van der Waals surface area (Å²) >= 11 is 0. The zero-order chi connectivity index (χ0) is 16.2. The molecule has 0 radical (unpaired) electrons. The van der Waals surface area contributed by atoms with E-state index in [9.17, 15) is 0 Å². The predicted molar refractivity (Wildman–Crippen MR) is 90.6 cm³/mol. The molecule has 0 amide bonds. The fourth-order valence-corrected chi connectivity index (χ4v) is 2.37. The van der Waals surface area contributed by atoms with Gasteiger partial charge in [-0.15, -0.1) is 0 Å². The Morgan fingerprint density at radius 1 is 1.43 bits per heavy atom. The van der Waals surface area contributed by atoms with Gasteiger partial charge in [0.15, 0.2) is 5.96 Å². The van der Waals surface area contributed by atoms with Crippen molar-refractivity contribution in [3.8, 4) is 0 Å². The van der Waals surface area contributed by atoms with E-state index >= 15 is 0 Å². The number of aliphatic imine (C=N–C) groups is 1. The van der Waals surface area contributed by atoms with E-state index in [1.807, 2.05) is 16.9 Å². The van der Waals surface area contributed by atoms with Crippen LogP contribution >= 0.6 is 0 Å². The van der Waals surface area contributed by atoms with Gasteiger partial charge in [-0.25, -0.2) is 0 Å². The molecule has 1 aliphatic rings. The molecule has 0 spiro atoms. The van der Waals surface area contributed by atoms with Crippen LogP contribution < -0.4 is 10.6 Å². The standard InChI is InChI=1S/C16H29N5O2/c1-2-17-16(18-7-3-10-21-11-4-9-20-21)19-8-5-12-23-15-6-13-22-14-15/h4,9,11,15H,2-3,5-8,10,12-14H2,1H3,(H2,17,18,19). The quantitative estimate of drug-likeness (QED) is 0.382. The third-order valence-corrected chi connectivity index (χ3v) is 3.57. The van der Waals surface area contributed by atoms with Gasteiger partial charge in [-0.3, -0.25) is 9.67 Å². The number of rotatable bonds is 10. The molecular formula is C16H29N5O2. The number of ether oxygens (including phenoxy) is 2. The number of guanidine groups is 1. The van der Waals surface area contributed by atoms with Crippen LogP contribution in [0.1, 0.15) is 26.2 Å². The monoisotopic (exact) mass is 323 g/mol. The first-order valence-corrected chi connectivity index (χ1v) is 8.57. The molecule has 2 heterocycles. The average molecular weight is 323 g/mol. The molecule has 0 aromatic carbocycles. The van der Waals surface area contributed by atoms with Gasteiger partial charge in [0, 0.05) is 51.8 Å². The molecule has 2 N–H and O–H groups in total. The van der Waals surface area contributed by atoms with E-state index in [1.54, 1.807) is 6.20 Å². The maximum atomic E-state index is 5.75. The lowest BCUT2D eigenvalue weighted by Crippen LogP contribution is -2.38. The minimum Gasteiger partial charge on any atom is -0.379 e. The Labute approximate surface area is 138 Å². The van der Waals surface area contributed by atoms with Gasteiger partial charge in [-0.1, -0.05) is 0 Å². The van der Waals surface area contributed by atoms with E-state index in [0.29, 0.717) is 6.10 Å². The van der Waals surface area contributed by atoms with Crippen molar-refractivity contribution in [1.82, 2.24) is 20.4 Å². The zero-order valence-electron chi connectivity index (χ0n) is 14.0. The van der Waals surface area contributed by atoms with E-state index in [4.69, 9.17) is 9.47 Å². The van der Waals surface area contributed by atoms with Crippen LogP contribution in [0.25, 0.3) is 0 Å². The van der Waals surface area contributed by atoms with Crippen LogP contribution in [0.4, 0.5) is 0 Å². The highest BCUT2D eigenvalue weighted by Crippen LogP contribution is 2.07. The van der Waals surface area contributed by atoms with Crippen molar-refractivity contribution in [2.24, 2.45) is 4.99 Å². The molecule has 130 valence electrons. The highest BCUT2D eigenvalue weighted by Gasteiger charge is 2.15. The Morgan fingerprint density at radius 2 is 2.39 bits per heavy atom. The summed E-state index contributed by atoms with van der Waals surface area (Å²) in [6, 6.07) is 1.94. The Balaban J connectivity index is 1.55. The van der Waals surface area contributed by atoms with E-state index in [1.165, 1.54) is 0 Å². The molecule has 1 saturated heterocycles. The highest BCUT2D eigenvalue weighted by atomic mass is 16.5. The van der Waals surface area contributed by atoms with Gasteiger partial charge in [0.25, 0.3) is 0 Å². The number of nitrogens with one attached hydrogen (secondary N) is 2. The van der Waals surface area contributed by atoms with Gasteiger partial charge in [-0.2, -0.15) is 5.10 Å². The van der Waals surface area contributed by atoms with Gasteiger partial charge in [-0.05, 0) is 32.3 Å². The molecule has 23 heavy (non-hydrogen) atoms. The molecule has 1 aromatic rings. The molecule has 1 fully saturated rings. The van der Waals surface area contributed by atoms with E-state index in [2.05, 4.69) is 27.6 Å². The maximum absolute atomic E-state index is 5.75. The lowest BCUT2D eigenvalue weighted by atomic mass is 10.3. The molecule has 0 saturated carbocycles. The summed E-state index contributed by atoms with van der Waals surface area (Å²) in [5.74, 6) is 0.872. The Hall–Kier alpha value is -1.60. The van der Waals surface area contributed by atoms with Crippen molar-refractivity contribution >= 4 is 5.96 Å². The smallest absolute Gasteiger partial charge is 0.191 e. The second-order valence-corrected chi connectivity index (χ2v) is 5.52. The van der Waals surface area contributed by atoms with Crippen LogP contribution in [-0.2, 0) is 16.0 Å². The number of aromatic nitrogens is 2. The zero-order valence-corrected chi connectivity index (χ0v) is 14.0. The fraction of sp³-hybridized carbons (Fsp3) is 0.750. The summed E-state index contributed by atoms with van der Waals surface area (Å²) < 4.78 is 13.0. The van der Waals surface area contributed by atoms with Crippen LogP contribution in [0.15, 0.2) is 23.5 Å². The highest BCUT2D eigenvalue weighted by molar-refractivity contribution is 5.79. The summed E-state index contributed by atoms with van der Waals surface area (Å²) in [7, 11) is 0. The fourth-order valence-electron chi connectivity index (χ4n) is 2.37. The first-order chi connectivity index (χ1) is 11.4. The third-order valence-electron chi connectivity index (χ3n) is 3.57. The normalized spacial score (nSPS) is 18.3. The second kappa shape index (κ2) is 11.0. The van der Waals surface area contributed by atoms with Gasteiger partial charge in [0.1, 0.15) is 0 Å². The van der Waals surface area contributed by atoms with Gasteiger partial charge in [0.05, 0.1) is 12.7 Å². The molecule has 1 unspecified atom stereocenters. The van der Waals surface area contributed by atoms with Gasteiger partial charge < -0.3 is 20.1 Å². The van der Waals surface area contributed by atoms with Crippen LogP contribution in [0.5, 0.6) is 0 Å². The van der Waals surface area contributed by atoms with E-state index < -0.39 is 0 Å². The van der Waals surface area contributed by atoms with Crippen molar-refractivity contribution in [2.75, 3.05) is 39.5 Å². The Bertz CT molecular complexity index is 430. The molecular weight excluding hydrogens is 294 g/mol. The minimum atomic E-state index is 0.291. The lowest BCUT2D eigenvalue weighted by molar-refractivity contribution is 0.0420. The molecule has 1 aromatic heterocycles. The number of hydrogen-bond donors (Lipinski definition) is 2.